The molecule has 0 spiro atoms. The van der Waals surface area contributed by atoms with Crippen LogP contribution >= 0.6 is 0 Å². The Labute approximate surface area is 172 Å². The van der Waals surface area contributed by atoms with E-state index in [9.17, 15) is 9.59 Å². The molecule has 5 rings (SSSR count). The van der Waals surface area contributed by atoms with Crippen molar-refractivity contribution in [2.45, 2.75) is 31.8 Å². The first-order valence-corrected chi connectivity index (χ1v) is 9.89. The molecule has 1 saturated heterocycles. The molecule has 0 unspecified atom stereocenters. The summed E-state index contributed by atoms with van der Waals surface area (Å²) in [5.41, 5.74) is 2.81. The molecule has 3 aromatic rings. The molecular weight excluding hydrogens is 382 g/mol. The molecule has 0 atom stereocenters. The summed E-state index contributed by atoms with van der Waals surface area (Å²) >= 11 is 0. The highest BCUT2D eigenvalue weighted by Gasteiger charge is 2.26. The van der Waals surface area contributed by atoms with Gasteiger partial charge in [-0.15, -0.1) is 0 Å². The number of benzene rings is 1. The van der Waals surface area contributed by atoms with E-state index in [0.717, 1.165) is 18.4 Å². The molecule has 1 aromatic carbocycles. The molecule has 1 aliphatic carbocycles. The molecular formula is C21H21N7O2. The fourth-order valence-electron chi connectivity index (χ4n) is 3.40. The average Bonchev–Trinajstić information content (AvgIpc) is 3.37. The number of imide groups is 1. The van der Waals surface area contributed by atoms with Gasteiger partial charge in [-0.05, 0) is 24.5 Å². The predicted molar refractivity (Wildman–Crippen MR) is 112 cm³/mol. The van der Waals surface area contributed by atoms with Gasteiger partial charge in [0.2, 0.25) is 17.8 Å². The molecule has 152 valence electrons. The number of hydrogen-bond acceptors (Lipinski definition) is 7. The lowest BCUT2D eigenvalue weighted by Gasteiger charge is -2.18. The van der Waals surface area contributed by atoms with Crippen molar-refractivity contribution < 1.29 is 9.59 Å². The zero-order valence-corrected chi connectivity index (χ0v) is 16.5. The largest absolute Gasteiger partial charge is 0.351 e. The maximum atomic E-state index is 12.0. The number of rotatable bonds is 6. The number of nitrogens with zero attached hydrogens (tertiary/aromatic N) is 5. The van der Waals surface area contributed by atoms with Crippen molar-refractivity contribution in [3.8, 4) is 0 Å². The average molecular weight is 403 g/mol. The molecule has 2 aliphatic rings. The van der Waals surface area contributed by atoms with Gasteiger partial charge < -0.3 is 10.2 Å². The molecule has 3 heterocycles. The summed E-state index contributed by atoms with van der Waals surface area (Å²) in [6, 6.07) is 10.5. The first kappa shape index (κ1) is 18.3. The van der Waals surface area contributed by atoms with Crippen molar-refractivity contribution in [3.05, 3.63) is 53.2 Å². The van der Waals surface area contributed by atoms with E-state index in [-0.39, 0.29) is 18.2 Å². The van der Waals surface area contributed by atoms with Gasteiger partial charge in [0, 0.05) is 30.8 Å². The first-order chi connectivity index (χ1) is 14.6. The van der Waals surface area contributed by atoms with Crippen molar-refractivity contribution in [2.75, 3.05) is 17.3 Å². The number of carbonyl (C=O) groups is 2. The Morgan fingerprint density at radius 3 is 2.73 bits per heavy atom. The summed E-state index contributed by atoms with van der Waals surface area (Å²) in [7, 11) is 1.94. The molecule has 2 N–H and O–H groups in total. The van der Waals surface area contributed by atoms with Gasteiger partial charge in [-0.3, -0.25) is 14.9 Å². The molecule has 0 radical (unpaired) electrons. The maximum Gasteiger partial charge on any atom is 0.254 e. The van der Waals surface area contributed by atoms with Gasteiger partial charge in [0.15, 0.2) is 5.65 Å². The van der Waals surface area contributed by atoms with Crippen molar-refractivity contribution in [1.82, 2.24) is 24.9 Å². The Bertz CT molecular complexity index is 1160. The van der Waals surface area contributed by atoms with E-state index in [0.29, 0.717) is 41.3 Å². The van der Waals surface area contributed by atoms with E-state index in [1.807, 2.05) is 30.1 Å². The summed E-state index contributed by atoms with van der Waals surface area (Å²) in [6.45, 7) is 0.654. The lowest BCUT2D eigenvalue weighted by atomic mass is 10.1. The van der Waals surface area contributed by atoms with E-state index < -0.39 is 0 Å². The van der Waals surface area contributed by atoms with Gasteiger partial charge in [-0.2, -0.15) is 19.6 Å². The fourth-order valence-corrected chi connectivity index (χ4v) is 3.40. The minimum absolute atomic E-state index is 0.0647. The van der Waals surface area contributed by atoms with E-state index >= 15 is 0 Å². The normalized spacial score (nSPS) is 17.6. The Hall–Kier alpha value is -3.75. The Morgan fingerprint density at radius 1 is 1.23 bits per heavy atom. The highest BCUT2D eigenvalue weighted by molar-refractivity contribution is 6.15. The third kappa shape index (κ3) is 3.61. The van der Waals surface area contributed by atoms with Gasteiger partial charge in [0.05, 0.1) is 12.6 Å². The monoisotopic (exact) mass is 403 g/mol. The van der Waals surface area contributed by atoms with Crippen LogP contribution in [0.25, 0.3) is 11.7 Å². The summed E-state index contributed by atoms with van der Waals surface area (Å²) in [4.78, 5) is 34.9. The van der Waals surface area contributed by atoms with E-state index in [1.54, 1.807) is 16.8 Å². The zero-order chi connectivity index (χ0) is 20.7. The lowest BCUT2D eigenvalue weighted by molar-refractivity contribution is -0.124. The molecule has 30 heavy (non-hydrogen) atoms. The second kappa shape index (κ2) is 7.25. The highest BCUT2D eigenvalue weighted by atomic mass is 16.2. The van der Waals surface area contributed by atoms with Crippen LogP contribution in [0.2, 0.25) is 0 Å². The minimum atomic E-state index is -0.369. The van der Waals surface area contributed by atoms with Crippen LogP contribution < -0.4 is 15.5 Å². The van der Waals surface area contributed by atoms with Crippen LogP contribution in [0.5, 0.6) is 0 Å². The quantitative estimate of drug-likeness (QED) is 0.477. The van der Waals surface area contributed by atoms with Crippen LogP contribution in [0.4, 0.5) is 11.9 Å². The fraction of sp³-hybridized carbons (Fsp3) is 0.286. The van der Waals surface area contributed by atoms with Crippen molar-refractivity contribution in [2.24, 2.45) is 0 Å². The van der Waals surface area contributed by atoms with Gasteiger partial charge in [0.1, 0.15) is 0 Å². The second-order valence-corrected chi connectivity index (χ2v) is 7.67. The maximum absolute atomic E-state index is 12.0. The molecule has 2 amide bonds. The standard InChI is InChI=1S/C21H21N7O2/c1-27(12-13-5-3-2-4-6-13)20-25-18-15(9-14-10-17(29)24-19(14)30)11-22-28(18)21(26-20)23-16-7-8-16/h2-6,9,11,16H,7-8,10,12H2,1H3,(H,23,25,26)(H,24,29,30)/b14-9+. The van der Waals surface area contributed by atoms with Crippen molar-refractivity contribution >= 4 is 35.4 Å². The third-order valence-electron chi connectivity index (χ3n) is 5.12. The van der Waals surface area contributed by atoms with Crippen molar-refractivity contribution in [1.29, 1.82) is 0 Å². The molecule has 9 heteroatoms. The molecule has 1 saturated carbocycles. The topological polar surface area (TPSA) is 105 Å². The smallest absolute Gasteiger partial charge is 0.254 e. The lowest BCUT2D eigenvalue weighted by Crippen LogP contribution is -2.21. The van der Waals surface area contributed by atoms with E-state index in [2.05, 4.69) is 27.9 Å². The summed E-state index contributed by atoms with van der Waals surface area (Å²) in [5.74, 6) is 0.512. The number of carbonyl (C=O) groups excluding carboxylic acids is 2. The molecule has 0 bridgehead atoms. The van der Waals surface area contributed by atoms with Gasteiger partial charge in [-0.1, -0.05) is 30.3 Å². The van der Waals surface area contributed by atoms with Gasteiger partial charge in [-0.25, -0.2) is 0 Å². The third-order valence-corrected chi connectivity index (χ3v) is 5.12. The van der Waals surface area contributed by atoms with Crippen molar-refractivity contribution in [3.63, 3.8) is 0 Å². The molecule has 2 aromatic heterocycles. The van der Waals surface area contributed by atoms with Gasteiger partial charge in [0.25, 0.3) is 5.91 Å². The van der Waals surface area contributed by atoms with Crippen LogP contribution in [-0.2, 0) is 16.1 Å². The van der Waals surface area contributed by atoms with E-state index in [1.165, 1.54) is 0 Å². The number of nitrogens with one attached hydrogen (secondary N) is 2. The zero-order valence-electron chi connectivity index (χ0n) is 16.5. The Balaban J connectivity index is 1.55. The Kier molecular flexibility index (Phi) is 4.42. The number of aromatic nitrogens is 4. The van der Waals surface area contributed by atoms with Crippen LogP contribution in [0.15, 0.2) is 42.1 Å². The number of anilines is 2. The van der Waals surface area contributed by atoms with Crippen LogP contribution in [0.1, 0.15) is 30.4 Å². The predicted octanol–water partition coefficient (Wildman–Crippen LogP) is 1.76. The van der Waals surface area contributed by atoms with Crippen LogP contribution in [0.3, 0.4) is 0 Å². The number of hydrogen-bond donors (Lipinski definition) is 2. The SMILES string of the molecule is CN(Cc1ccccc1)c1nc(NC2CC2)n2ncc(/C=C3\CC(=O)NC3=O)c2n1. The molecule has 2 fully saturated rings. The van der Waals surface area contributed by atoms with E-state index in [4.69, 9.17) is 9.97 Å². The summed E-state index contributed by atoms with van der Waals surface area (Å²) < 4.78 is 1.65. The summed E-state index contributed by atoms with van der Waals surface area (Å²) in [6.07, 6.45) is 5.58. The second-order valence-electron chi connectivity index (χ2n) is 7.67. The summed E-state index contributed by atoms with van der Waals surface area (Å²) in [5, 5.41) is 10.1. The number of amides is 2. The molecule has 1 aliphatic heterocycles. The van der Waals surface area contributed by atoms with Gasteiger partial charge >= 0.3 is 0 Å². The highest BCUT2D eigenvalue weighted by Crippen LogP contribution is 2.27. The van der Waals surface area contributed by atoms with Crippen LogP contribution in [0, 0.1) is 0 Å². The Morgan fingerprint density at radius 2 is 2.03 bits per heavy atom. The van der Waals surface area contributed by atoms with Crippen LogP contribution in [-0.4, -0.2) is 44.5 Å². The number of fused-ring (bicyclic) bond motifs is 1. The molecule has 9 nitrogen and oxygen atoms in total. The first-order valence-electron chi connectivity index (χ1n) is 9.89. The minimum Gasteiger partial charge on any atom is -0.351 e.